The third-order valence-corrected chi connectivity index (χ3v) is 6.27. The van der Waals surface area contributed by atoms with Gasteiger partial charge < -0.3 is 14.4 Å². The largest absolute Gasteiger partial charge is 0.465 e. The number of carbonyl (C=O) groups is 2. The number of esters is 2. The predicted octanol–water partition coefficient (Wildman–Crippen LogP) is 5.64. The summed E-state index contributed by atoms with van der Waals surface area (Å²) in [5, 5.41) is 0.599. The summed E-state index contributed by atoms with van der Waals surface area (Å²) in [5.41, 5.74) is 0.780. The maximum absolute atomic E-state index is 13.8. The van der Waals surface area contributed by atoms with Gasteiger partial charge in [-0.15, -0.1) is 0 Å². The minimum absolute atomic E-state index is 0.149. The van der Waals surface area contributed by atoms with Gasteiger partial charge in [-0.2, -0.15) is 0 Å². The van der Waals surface area contributed by atoms with Crippen LogP contribution in [-0.4, -0.2) is 25.2 Å². The van der Waals surface area contributed by atoms with Gasteiger partial charge in [-0.05, 0) is 49.8 Å². The van der Waals surface area contributed by atoms with Gasteiger partial charge in [0.15, 0.2) is 0 Å². The molecule has 1 fully saturated rings. The first-order valence-corrected chi connectivity index (χ1v) is 11.4. The Bertz CT molecular complexity index is 1090. The molecule has 5 nitrogen and oxygen atoms in total. The summed E-state index contributed by atoms with van der Waals surface area (Å²) >= 11 is 6.17. The summed E-state index contributed by atoms with van der Waals surface area (Å²) in [4.78, 5) is 29.7. The Balaban J connectivity index is 2.06. The molecule has 33 heavy (non-hydrogen) atoms. The van der Waals surface area contributed by atoms with E-state index in [-0.39, 0.29) is 13.2 Å². The summed E-state index contributed by atoms with van der Waals surface area (Å²) < 4.78 is 11.1. The molecular weight excluding hydrogens is 438 g/mol. The smallest absolute Gasteiger partial charge is 0.327 e. The molecule has 1 heterocycles. The van der Waals surface area contributed by atoms with Crippen LogP contribution in [0.2, 0.25) is 5.02 Å². The zero-order valence-electron chi connectivity index (χ0n) is 18.6. The lowest BCUT2D eigenvalue weighted by atomic mass is 9.69. The molecule has 0 saturated carbocycles. The first kappa shape index (κ1) is 22.9. The Morgan fingerprint density at radius 1 is 0.909 bits per heavy atom. The average molecular weight is 464 g/mol. The Hall–Kier alpha value is -3.31. The Morgan fingerprint density at radius 3 is 2.15 bits per heavy atom. The Labute approximate surface area is 198 Å². The first-order chi connectivity index (χ1) is 16.1. The molecule has 170 valence electrons. The zero-order chi connectivity index (χ0) is 23.4. The number of halogens is 1. The standard InChI is InChI=1S/C27H26ClNO4/c1-3-32-25(30)27(26(31)33-4-2)22-13-9-6-10-14-23(22)29(21-17-15-20(28)16-18-21)24(27)19-11-7-5-8-12-19/h5-18,22,24H,3-4H2,1-2H3/t22-,24+/m1/s1. The SMILES string of the molecule is CCOC(=O)C1(C(=O)OCC)[C@@H]2C=CC=CC=C2N(c2ccc(Cl)cc2)[C@H]1c1ccccc1. The molecule has 1 aliphatic carbocycles. The van der Waals surface area contributed by atoms with Gasteiger partial charge in [-0.1, -0.05) is 66.2 Å². The molecule has 2 aromatic rings. The molecule has 0 aromatic heterocycles. The number of rotatable bonds is 6. The van der Waals surface area contributed by atoms with E-state index < -0.39 is 29.3 Å². The number of hydrogen-bond donors (Lipinski definition) is 0. The quantitative estimate of drug-likeness (QED) is 0.410. The number of anilines is 1. The van der Waals surface area contributed by atoms with Crippen molar-refractivity contribution in [3.63, 3.8) is 0 Å². The topological polar surface area (TPSA) is 55.8 Å². The zero-order valence-corrected chi connectivity index (χ0v) is 19.4. The number of benzene rings is 2. The van der Waals surface area contributed by atoms with Crippen molar-refractivity contribution in [2.24, 2.45) is 11.3 Å². The molecule has 0 unspecified atom stereocenters. The van der Waals surface area contributed by atoms with Crippen molar-refractivity contribution in [3.8, 4) is 0 Å². The van der Waals surface area contributed by atoms with Crippen molar-refractivity contribution in [1.82, 2.24) is 0 Å². The average Bonchev–Trinajstić information content (AvgIpc) is 2.93. The van der Waals surface area contributed by atoms with Crippen LogP contribution < -0.4 is 4.90 Å². The summed E-state index contributed by atoms with van der Waals surface area (Å²) in [6, 6.07) is 16.2. The van der Waals surface area contributed by atoms with E-state index in [0.717, 1.165) is 16.9 Å². The van der Waals surface area contributed by atoms with Gasteiger partial charge in [-0.3, -0.25) is 9.59 Å². The van der Waals surface area contributed by atoms with Crippen molar-refractivity contribution in [1.29, 1.82) is 0 Å². The number of ether oxygens (including phenoxy) is 2. The van der Waals surface area contributed by atoms with Crippen molar-refractivity contribution < 1.29 is 19.1 Å². The normalized spacial score (nSPS) is 20.6. The molecule has 0 N–H and O–H groups in total. The van der Waals surface area contributed by atoms with Crippen LogP contribution in [0.3, 0.4) is 0 Å². The number of nitrogens with zero attached hydrogens (tertiary/aromatic N) is 1. The molecule has 0 amide bonds. The van der Waals surface area contributed by atoms with E-state index in [0.29, 0.717) is 5.02 Å². The van der Waals surface area contributed by atoms with E-state index in [9.17, 15) is 9.59 Å². The first-order valence-electron chi connectivity index (χ1n) is 11.0. The predicted molar refractivity (Wildman–Crippen MR) is 129 cm³/mol. The van der Waals surface area contributed by atoms with Gasteiger partial charge in [0.05, 0.1) is 19.3 Å². The molecule has 2 aliphatic rings. The fraction of sp³-hybridized carbons (Fsp3) is 0.259. The second kappa shape index (κ2) is 9.67. The van der Waals surface area contributed by atoms with E-state index in [1.165, 1.54) is 0 Å². The van der Waals surface area contributed by atoms with E-state index >= 15 is 0 Å². The fourth-order valence-electron chi connectivity index (χ4n) is 4.74. The van der Waals surface area contributed by atoms with E-state index in [1.54, 1.807) is 26.0 Å². The molecule has 1 aliphatic heterocycles. The van der Waals surface area contributed by atoms with Crippen molar-refractivity contribution >= 4 is 29.2 Å². The summed E-state index contributed by atoms with van der Waals surface area (Å²) in [6.45, 7) is 3.77. The molecule has 1 saturated heterocycles. The van der Waals surface area contributed by atoms with Crippen molar-refractivity contribution in [2.45, 2.75) is 19.9 Å². The fourth-order valence-corrected chi connectivity index (χ4v) is 4.87. The van der Waals surface area contributed by atoms with Crippen molar-refractivity contribution in [2.75, 3.05) is 18.1 Å². The summed E-state index contributed by atoms with van der Waals surface area (Å²) in [7, 11) is 0. The molecule has 4 rings (SSSR count). The summed E-state index contributed by atoms with van der Waals surface area (Å²) in [5.74, 6) is -1.79. The number of allylic oxidation sites excluding steroid dienone is 5. The van der Waals surface area contributed by atoms with Gasteiger partial charge >= 0.3 is 11.9 Å². The molecule has 0 spiro atoms. The molecule has 0 radical (unpaired) electrons. The highest BCUT2D eigenvalue weighted by molar-refractivity contribution is 6.30. The van der Waals surface area contributed by atoms with Crippen LogP contribution in [0.25, 0.3) is 0 Å². The van der Waals surface area contributed by atoms with Crippen molar-refractivity contribution in [3.05, 3.63) is 101 Å². The van der Waals surface area contributed by atoms with Gasteiger partial charge in [0.25, 0.3) is 0 Å². The third kappa shape index (κ3) is 3.87. The highest BCUT2D eigenvalue weighted by atomic mass is 35.5. The highest BCUT2D eigenvalue weighted by Crippen LogP contribution is 2.59. The minimum atomic E-state index is -1.64. The monoisotopic (exact) mass is 463 g/mol. The van der Waals surface area contributed by atoms with Gasteiger partial charge in [-0.25, -0.2) is 0 Å². The molecule has 0 bridgehead atoms. The third-order valence-electron chi connectivity index (χ3n) is 6.02. The molecule has 2 atom stereocenters. The Morgan fingerprint density at radius 2 is 1.55 bits per heavy atom. The van der Waals surface area contributed by atoms with Gasteiger partial charge in [0, 0.05) is 22.3 Å². The van der Waals surface area contributed by atoms with E-state index in [2.05, 4.69) is 0 Å². The molecule has 2 aromatic carbocycles. The van der Waals surface area contributed by atoms with E-state index in [1.807, 2.05) is 77.7 Å². The van der Waals surface area contributed by atoms with E-state index in [4.69, 9.17) is 21.1 Å². The van der Waals surface area contributed by atoms with Gasteiger partial charge in [0.1, 0.15) is 0 Å². The van der Waals surface area contributed by atoms with Gasteiger partial charge in [0.2, 0.25) is 5.41 Å². The second-order valence-corrected chi connectivity index (χ2v) is 8.25. The van der Waals surface area contributed by atoms with Crippen LogP contribution in [0.5, 0.6) is 0 Å². The molecular formula is C27H26ClNO4. The lowest BCUT2D eigenvalue weighted by Crippen LogP contribution is -2.49. The number of hydrogen-bond acceptors (Lipinski definition) is 5. The lowest BCUT2D eigenvalue weighted by Gasteiger charge is -2.36. The second-order valence-electron chi connectivity index (χ2n) is 7.81. The summed E-state index contributed by atoms with van der Waals surface area (Å²) in [6.07, 6.45) is 9.46. The maximum Gasteiger partial charge on any atom is 0.327 e. The Kier molecular flexibility index (Phi) is 6.70. The van der Waals surface area contributed by atoms with Crippen LogP contribution in [-0.2, 0) is 19.1 Å². The maximum atomic E-state index is 13.8. The highest BCUT2D eigenvalue weighted by Gasteiger charge is 2.68. The lowest BCUT2D eigenvalue weighted by molar-refractivity contribution is -0.175. The number of fused-ring (bicyclic) bond motifs is 1. The van der Waals surface area contributed by atoms with Crippen LogP contribution in [0.15, 0.2) is 90.7 Å². The minimum Gasteiger partial charge on any atom is -0.465 e. The van der Waals surface area contributed by atoms with Crippen LogP contribution in [0.4, 0.5) is 5.69 Å². The number of carbonyl (C=O) groups excluding carboxylic acids is 2. The van der Waals surface area contributed by atoms with Crippen LogP contribution in [0.1, 0.15) is 25.5 Å². The van der Waals surface area contributed by atoms with Crippen LogP contribution in [0, 0.1) is 11.3 Å². The van der Waals surface area contributed by atoms with Crippen LogP contribution >= 0.6 is 11.6 Å². The molecule has 6 heteroatoms.